The molecule has 0 spiro atoms. The highest BCUT2D eigenvalue weighted by Crippen LogP contribution is 2.19. The topological polar surface area (TPSA) is 52.8 Å². The minimum absolute atomic E-state index is 0.230. The summed E-state index contributed by atoms with van der Waals surface area (Å²) in [4.78, 5) is 16.7. The average molecular weight is 370 g/mol. The second-order valence-electron chi connectivity index (χ2n) is 5.26. The molecule has 0 aliphatic heterocycles. The molecule has 0 radical (unpaired) electrons. The van der Waals surface area contributed by atoms with E-state index in [1.165, 1.54) is 23.5 Å². The fraction of sp³-hybridized carbons (Fsp3) is 0.158. The quantitative estimate of drug-likeness (QED) is 0.649. The Morgan fingerprint density at radius 1 is 1.31 bits per heavy atom. The van der Waals surface area contributed by atoms with E-state index in [1.54, 1.807) is 42.0 Å². The molecule has 0 N–H and O–H groups in total. The highest BCUT2D eigenvalue weighted by molar-refractivity contribution is 7.16. The molecule has 0 aliphatic carbocycles. The molecule has 0 bridgehead atoms. The van der Waals surface area contributed by atoms with Crippen molar-refractivity contribution in [1.82, 2.24) is 4.57 Å². The van der Waals surface area contributed by atoms with E-state index < -0.39 is 5.91 Å². The standard InChI is InChI=1S/C19H15FN2O3S/c1-3-9-22-16-8-7-13(20)10-17(16)26-19(22)21-18(23)12-25-15-6-4-5-14(11-15)24-2/h1,4-8,10-11H,9,12H2,2H3. The van der Waals surface area contributed by atoms with Gasteiger partial charge in [0.15, 0.2) is 11.4 Å². The van der Waals surface area contributed by atoms with Crippen molar-refractivity contribution in [2.45, 2.75) is 6.54 Å². The fourth-order valence-electron chi connectivity index (χ4n) is 2.35. The fourth-order valence-corrected chi connectivity index (χ4v) is 3.42. The van der Waals surface area contributed by atoms with Crippen LogP contribution in [0.1, 0.15) is 0 Å². The van der Waals surface area contributed by atoms with Crippen LogP contribution in [0.15, 0.2) is 47.5 Å². The Kier molecular flexibility index (Phi) is 5.34. The third-order valence-electron chi connectivity index (χ3n) is 3.52. The molecule has 0 fully saturated rings. The van der Waals surface area contributed by atoms with Crippen LogP contribution in [-0.2, 0) is 11.3 Å². The lowest BCUT2D eigenvalue weighted by atomic mass is 10.3. The zero-order valence-corrected chi connectivity index (χ0v) is 14.8. The van der Waals surface area contributed by atoms with Gasteiger partial charge < -0.3 is 14.0 Å². The summed E-state index contributed by atoms with van der Waals surface area (Å²) in [6.45, 7) is 0.000312. The van der Waals surface area contributed by atoms with Crippen LogP contribution in [0.2, 0.25) is 0 Å². The SMILES string of the molecule is C#CCn1c(=NC(=O)COc2cccc(OC)c2)sc2cc(F)ccc21. The van der Waals surface area contributed by atoms with Crippen LogP contribution in [0, 0.1) is 18.2 Å². The summed E-state index contributed by atoms with van der Waals surface area (Å²) in [7, 11) is 1.55. The molecule has 0 unspecified atom stereocenters. The van der Waals surface area contributed by atoms with Gasteiger partial charge in [-0.05, 0) is 30.3 Å². The highest BCUT2D eigenvalue weighted by Gasteiger charge is 2.09. The van der Waals surface area contributed by atoms with Crippen LogP contribution in [-0.4, -0.2) is 24.2 Å². The van der Waals surface area contributed by atoms with Gasteiger partial charge in [0, 0.05) is 6.07 Å². The second kappa shape index (κ2) is 7.85. The molecule has 1 amide bonds. The second-order valence-corrected chi connectivity index (χ2v) is 6.27. The number of benzene rings is 2. The van der Waals surface area contributed by atoms with Gasteiger partial charge in [-0.15, -0.1) is 6.42 Å². The minimum atomic E-state index is -0.467. The summed E-state index contributed by atoms with van der Waals surface area (Å²) in [6, 6.07) is 11.3. The number of hydrogen-bond donors (Lipinski definition) is 0. The Balaban J connectivity index is 1.85. The lowest BCUT2D eigenvalue weighted by Gasteiger charge is -2.05. The van der Waals surface area contributed by atoms with Gasteiger partial charge in [0.25, 0.3) is 5.91 Å². The van der Waals surface area contributed by atoms with Crippen LogP contribution in [0.5, 0.6) is 11.5 Å². The first-order valence-electron chi connectivity index (χ1n) is 7.67. The molecule has 1 aromatic heterocycles. The van der Waals surface area contributed by atoms with Gasteiger partial charge in [-0.3, -0.25) is 4.79 Å². The molecule has 0 atom stereocenters. The first-order chi connectivity index (χ1) is 12.6. The van der Waals surface area contributed by atoms with Gasteiger partial charge in [0.2, 0.25) is 0 Å². The van der Waals surface area contributed by atoms with Crippen molar-refractivity contribution in [2.24, 2.45) is 4.99 Å². The molecule has 5 nitrogen and oxygen atoms in total. The number of aromatic nitrogens is 1. The lowest BCUT2D eigenvalue weighted by Crippen LogP contribution is -2.19. The van der Waals surface area contributed by atoms with E-state index in [0.29, 0.717) is 21.0 Å². The van der Waals surface area contributed by atoms with Gasteiger partial charge in [0.1, 0.15) is 17.3 Å². The number of carbonyl (C=O) groups is 1. The minimum Gasteiger partial charge on any atom is -0.497 e. The first kappa shape index (κ1) is 17.7. The first-order valence-corrected chi connectivity index (χ1v) is 8.49. The molecular weight excluding hydrogens is 355 g/mol. The predicted octanol–water partition coefficient (Wildman–Crippen LogP) is 2.99. The molecule has 3 aromatic rings. The molecule has 132 valence electrons. The number of halogens is 1. The highest BCUT2D eigenvalue weighted by atomic mass is 32.1. The summed E-state index contributed by atoms with van der Waals surface area (Å²) >= 11 is 1.20. The molecule has 0 aliphatic rings. The van der Waals surface area contributed by atoms with Gasteiger partial charge in [-0.2, -0.15) is 4.99 Å². The molecular formula is C19H15FN2O3S. The van der Waals surface area contributed by atoms with Gasteiger partial charge in [0.05, 0.1) is 23.9 Å². The Hall–Kier alpha value is -3.11. The molecule has 2 aromatic carbocycles. The summed E-state index contributed by atoms with van der Waals surface area (Å²) < 4.78 is 26.3. The van der Waals surface area contributed by atoms with Crippen molar-refractivity contribution >= 4 is 27.5 Å². The van der Waals surface area contributed by atoms with Crippen molar-refractivity contribution in [3.8, 4) is 23.8 Å². The monoisotopic (exact) mass is 370 g/mol. The number of carbonyl (C=O) groups excluding carboxylic acids is 1. The van der Waals surface area contributed by atoms with Crippen molar-refractivity contribution in [3.05, 3.63) is 53.1 Å². The molecule has 1 heterocycles. The van der Waals surface area contributed by atoms with Crippen LogP contribution in [0.4, 0.5) is 4.39 Å². The third kappa shape index (κ3) is 3.92. The van der Waals surface area contributed by atoms with E-state index in [1.807, 2.05) is 0 Å². The normalized spacial score (nSPS) is 11.3. The maximum atomic E-state index is 13.4. The number of hydrogen-bond acceptors (Lipinski definition) is 4. The molecule has 3 rings (SSSR count). The van der Waals surface area contributed by atoms with Gasteiger partial charge in [-0.25, -0.2) is 4.39 Å². The predicted molar refractivity (Wildman–Crippen MR) is 97.7 cm³/mol. The summed E-state index contributed by atoms with van der Waals surface area (Å²) in [5, 5.41) is 0. The van der Waals surface area contributed by atoms with Gasteiger partial charge in [-0.1, -0.05) is 23.3 Å². The number of rotatable bonds is 5. The molecule has 26 heavy (non-hydrogen) atoms. The number of ether oxygens (including phenoxy) is 2. The number of amides is 1. The third-order valence-corrected chi connectivity index (χ3v) is 4.56. The Bertz CT molecular complexity index is 1060. The summed E-state index contributed by atoms with van der Waals surface area (Å²) in [6.07, 6.45) is 5.40. The number of thiazole rings is 1. The zero-order chi connectivity index (χ0) is 18.5. The molecule has 7 heteroatoms. The largest absolute Gasteiger partial charge is 0.497 e. The van der Waals surface area contributed by atoms with Crippen molar-refractivity contribution in [2.75, 3.05) is 13.7 Å². The van der Waals surface area contributed by atoms with E-state index in [2.05, 4.69) is 10.9 Å². The van der Waals surface area contributed by atoms with E-state index >= 15 is 0 Å². The van der Waals surface area contributed by atoms with Crippen LogP contribution in [0.3, 0.4) is 0 Å². The van der Waals surface area contributed by atoms with Crippen LogP contribution < -0.4 is 14.3 Å². The summed E-state index contributed by atoms with van der Waals surface area (Å²) in [5.74, 6) is 2.83. The van der Waals surface area contributed by atoms with Crippen LogP contribution in [0.25, 0.3) is 10.2 Å². The number of nitrogens with zero attached hydrogens (tertiary/aromatic N) is 2. The van der Waals surface area contributed by atoms with E-state index in [-0.39, 0.29) is 19.0 Å². The average Bonchev–Trinajstić information content (AvgIpc) is 2.96. The maximum absolute atomic E-state index is 13.4. The number of fused-ring (bicyclic) bond motifs is 1. The molecule has 0 saturated heterocycles. The van der Waals surface area contributed by atoms with E-state index in [9.17, 15) is 9.18 Å². The Morgan fingerprint density at radius 2 is 2.12 bits per heavy atom. The Morgan fingerprint density at radius 3 is 2.88 bits per heavy atom. The summed E-state index contributed by atoms with van der Waals surface area (Å²) in [5.41, 5.74) is 0.731. The zero-order valence-electron chi connectivity index (χ0n) is 13.9. The molecule has 0 saturated carbocycles. The van der Waals surface area contributed by atoms with Crippen LogP contribution >= 0.6 is 11.3 Å². The van der Waals surface area contributed by atoms with Crippen molar-refractivity contribution in [3.63, 3.8) is 0 Å². The smallest absolute Gasteiger partial charge is 0.286 e. The maximum Gasteiger partial charge on any atom is 0.286 e. The van der Waals surface area contributed by atoms with Crippen molar-refractivity contribution in [1.29, 1.82) is 0 Å². The lowest BCUT2D eigenvalue weighted by molar-refractivity contribution is -0.120. The number of terminal acetylenes is 1. The Labute approximate surface area is 153 Å². The van der Waals surface area contributed by atoms with Crippen molar-refractivity contribution < 1.29 is 18.7 Å². The number of methoxy groups -OCH3 is 1. The van der Waals surface area contributed by atoms with E-state index in [4.69, 9.17) is 15.9 Å². The van der Waals surface area contributed by atoms with E-state index in [0.717, 1.165) is 5.52 Å². The van der Waals surface area contributed by atoms with Gasteiger partial charge >= 0.3 is 0 Å².